The van der Waals surface area contributed by atoms with E-state index in [1.807, 2.05) is 19.3 Å². The van der Waals surface area contributed by atoms with Gasteiger partial charge in [-0.2, -0.15) is 5.10 Å². The number of aryl methyl sites for hydroxylation is 1. The molecule has 9 nitrogen and oxygen atoms in total. The van der Waals surface area contributed by atoms with Gasteiger partial charge in [0.2, 0.25) is 10.0 Å². The Kier molecular flexibility index (Phi) is 5.36. The molecule has 32 heavy (non-hydrogen) atoms. The van der Waals surface area contributed by atoms with Crippen molar-refractivity contribution in [2.45, 2.75) is 23.8 Å². The minimum Gasteiger partial charge on any atom is -0.356 e. The summed E-state index contributed by atoms with van der Waals surface area (Å²) in [6.45, 7) is 1.38. The minimum absolute atomic E-state index is 0.138. The summed E-state index contributed by atoms with van der Waals surface area (Å²) in [4.78, 5) is 14.6. The highest BCUT2D eigenvalue weighted by molar-refractivity contribution is 7.89. The molecule has 0 spiro atoms. The van der Waals surface area contributed by atoms with E-state index in [-0.39, 0.29) is 10.9 Å². The number of H-pyrrole nitrogens is 1. The Hall–Kier alpha value is -2.95. The maximum Gasteiger partial charge on any atom is 0.240 e. The second-order valence-corrected chi connectivity index (χ2v) is 10.0. The smallest absolute Gasteiger partial charge is 0.240 e. The van der Waals surface area contributed by atoms with Crippen LogP contribution in [0.15, 0.2) is 53.9 Å². The monoisotopic (exact) mass is 471 g/mol. The second kappa shape index (κ2) is 8.19. The van der Waals surface area contributed by atoms with Gasteiger partial charge in [0.25, 0.3) is 0 Å². The van der Waals surface area contributed by atoms with Crippen LogP contribution in [-0.4, -0.2) is 52.3 Å². The molecule has 3 aromatic heterocycles. The van der Waals surface area contributed by atoms with Gasteiger partial charge < -0.3 is 9.88 Å². The normalized spacial score (nSPS) is 15.5. The summed E-state index contributed by atoms with van der Waals surface area (Å²) in [5, 5.41) is 5.67. The number of piperidine rings is 1. The molecule has 0 saturated carbocycles. The quantitative estimate of drug-likeness (QED) is 0.463. The van der Waals surface area contributed by atoms with Gasteiger partial charge in [-0.3, -0.25) is 4.68 Å². The maximum absolute atomic E-state index is 12.7. The number of nitrogens with zero attached hydrogens (tertiary/aromatic N) is 5. The summed E-state index contributed by atoms with van der Waals surface area (Å²) in [6, 6.07) is 8.09. The molecule has 0 aliphatic carbocycles. The van der Waals surface area contributed by atoms with E-state index in [0.29, 0.717) is 31.0 Å². The number of aromatic amines is 1. The molecule has 0 unspecified atom stereocenters. The molecule has 1 aliphatic heterocycles. The predicted molar refractivity (Wildman–Crippen MR) is 123 cm³/mol. The second-order valence-electron chi connectivity index (χ2n) is 7.88. The molecule has 0 bridgehead atoms. The zero-order valence-electron chi connectivity index (χ0n) is 17.4. The lowest BCUT2D eigenvalue weighted by atomic mass is 10.1. The summed E-state index contributed by atoms with van der Waals surface area (Å²) in [7, 11) is -1.71. The van der Waals surface area contributed by atoms with Gasteiger partial charge in [-0.25, -0.2) is 23.1 Å². The third-order valence-corrected chi connectivity index (χ3v) is 7.45. The molecule has 11 heteroatoms. The van der Waals surface area contributed by atoms with Crippen molar-refractivity contribution in [3.63, 3.8) is 0 Å². The van der Waals surface area contributed by atoms with E-state index < -0.39 is 10.0 Å². The number of nitrogens with one attached hydrogen (secondary N) is 2. The van der Waals surface area contributed by atoms with E-state index in [1.165, 1.54) is 12.1 Å². The first-order valence-corrected chi connectivity index (χ1v) is 12.1. The van der Waals surface area contributed by atoms with E-state index in [9.17, 15) is 8.42 Å². The van der Waals surface area contributed by atoms with E-state index in [2.05, 4.69) is 29.7 Å². The van der Waals surface area contributed by atoms with Crippen LogP contribution in [-0.2, 0) is 17.1 Å². The van der Waals surface area contributed by atoms with Crippen molar-refractivity contribution >= 4 is 38.5 Å². The van der Waals surface area contributed by atoms with Crippen molar-refractivity contribution in [2.24, 2.45) is 7.05 Å². The van der Waals surface area contributed by atoms with Gasteiger partial charge in [-0.15, -0.1) is 0 Å². The Bertz CT molecular complexity index is 1360. The highest BCUT2D eigenvalue weighted by Crippen LogP contribution is 2.30. The lowest BCUT2D eigenvalue weighted by Gasteiger charge is -2.33. The number of aromatic nitrogens is 5. The molecule has 1 saturated heterocycles. The van der Waals surface area contributed by atoms with Gasteiger partial charge in [0.05, 0.1) is 22.2 Å². The van der Waals surface area contributed by atoms with Crippen molar-refractivity contribution in [1.29, 1.82) is 0 Å². The van der Waals surface area contributed by atoms with Crippen LogP contribution in [0.25, 0.3) is 22.3 Å². The van der Waals surface area contributed by atoms with E-state index in [1.54, 1.807) is 29.3 Å². The largest absolute Gasteiger partial charge is 0.356 e. The number of hydrogen-bond acceptors (Lipinski definition) is 6. The summed E-state index contributed by atoms with van der Waals surface area (Å²) < 4.78 is 29.9. The third-order valence-electron chi connectivity index (χ3n) is 5.66. The van der Waals surface area contributed by atoms with Crippen LogP contribution < -0.4 is 9.62 Å². The van der Waals surface area contributed by atoms with Crippen LogP contribution in [0.3, 0.4) is 0 Å². The zero-order valence-corrected chi connectivity index (χ0v) is 18.9. The molecule has 4 aromatic rings. The maximum atomic E-state index is 12.7. The number of fused-ring (bicyclic) bond motifs is 1. The molecule has 1 aromatic carbocycles. The van der Waals surface area contributed by atoms with Crippen LogP contribution >= 0.6 is 11.6 Å². The Morgan fingerprint density at radius 1 is 1.16 bits per heavy atom. The lowest BCUT2D eigenvalue weighted by molar-refractivity contribution is 0.459. The third kappa shape index (κ3) is 4.08. The van der Waals surface area contributed by atoms with Gasteiger partial charge in [0, 0.05) is 43.0 Å². The Labute approximate surface area is 190 Å². The van der Waals surface area contributed by atoms with Crippen LogP contribution in [0.5, 0.6) is 0 Å². The van der Waals surface area contributed by atoms with Crippen molar-refractivity contribution in [3.05, 3.63) is 54.1 Å². The molecule has 166 valence electrons. The standard InChI is InChI=1S/C21H22ClN7O2S/c1-28-12-14(11-25-28)19-10-18-20(26-19)23-13-24-21(18)29-8-6-16(7-9-29)27-32(30,31)17-4-2-15(22)3-5-17/h2-5,10-13,16,27H,6-9H2,1H3,(H,23,24,26). The van der Waals surface area contributed by atoms with Crippen LogP contribution in [0.2, 0.25) is 5.02 Å². The SMILES string of the molecule is Cn1cc(-c2cc3c(N4CCC(NS(=O)(=O)c5ccc(Cl)cc5)CC4)ncnc3[nH]2)cn1. The van der Waals surface area contributed by atoms with Gasteiger partial charge in [-0.05, 0) is 43.2 Å². The summed E-state index contributed by atoms with van der Waals surface area (Å²) in [5.74, 6) is 0.848. The van der Waals surface area contributed by atoms with Crippen molar-refractivity contribution < 1.29 is 8.42 Å². The molecule has 2 N–H and O–H groups in total. The van der Waals surface area contributed by atoms with Crippen molar-refractivity contribution in [3.8, 4) is 11.3 Å². The first-order valence-electron chi connectivity index (χ1n) is 10.2. The van der Waals surface area contributed by atoms with Gasteiger partial charge in [0.15, 0.2) is 0 Å². The molecule has 1 aliphatic rings. The van der Waals surface area contributed by atoms with Crippen molar-refractivity contribution in [2.75, 3.05) is 18.0 Å². The fourth-order valence-electron chi connectivity index (χ4n) is 4.00. The highest BCUT2D eigenvalue weighted by Gasteiger charge is 2.26. The first-order chi connectivity index (χ1) is 15.4. The topological polar surface area (TPSA) is 109 Å². The summed E-state index contributed by atoms with van der Waals surface area (Å²) in [6.07, 6.45) is 6.65. The Balaban J connectivity index is 1.31. The number of sulfonamides is 1. The van der Waals surface area contributed by atoms with E-state index >= 15 is 0 Å². The lowest BCUT2D eigenvalue weighted by Crippen LogP contribution is -2.44. The molecule has 4 heterocycles. The van der Waals surface area contributed by atoms with Crippen molar-refractivity contribution in [1.82, 2.24) is 29.5 Å². The number of rotatable bonds is 5. The van der Waals surface area contributed by atoms with Gasteiger partial charge in [0.1, 0.15) is 17.8 Å². The van der Waals surface area contributed by atoms with E-state index in [0.717, 1.165) is 28.1 Å². The molecular formula is C21H22ClN7O2S. The average molecular weight is 472 g/mol. The minimum atomic E-state index is -3.58. The number of hydrogen-bond donors (Lipinski definition) is 2. The molecular weight excluding hydrogens is 450 g/mol. The van der Waals surface area contributed by atoms with E-state index in [4.69, 9.17) is 11.6 Å². The Morgan fingerprint density at radius 3 is 2.59 bits per heavy atom. The molecule has 0 atom stereocenters. The molecule has 0 amide bonds. The zero-order chi connectivity index (χ0) is 22.3. The number of anilines is 1. The fourth-order valence-corrected chi connectivity index (χ4v) is 5.44. The summed E-state index contributed by atoms with van der Waals surface area (Å²) in [5.41, 5.74) is 2.67. The number of halogens is 1. The van der Waals surface area contributed by atoms with Crippen LogP contribution in [0.1, 0.15) is 12.8 Å². The first kappa shape index (κ1) is 20.9. The van der Waals surface area contributed by atoms with Crippen LogP contribution in [0, 0.1) is 0 Å². The molecule has 5 rings (SSSR count). The predicted octanol–water partition coefficient (Wildman–Crippen LogP) is 2.96. The fraction of sp³-hybridized carbons (Fsp3) is 0.286. The average Bonchev–Trinajstić information content (AvgIpc) is 3.40. The van der Waals surface area contributed by atoms with Gasteiger partial charge >= 0.3 is 0 Å². The molecule has 0 radical (unpaired) electrons. The van der Waals surface area contributed by atoms with Gasteiger partial charge in [-0.1, -0.05) is 11.6 Å². The number of benzene rings is 1. The molecule has 1 fully saturated rings. The Morgan fingerprint density at radius 2 is 1.91 bits per heavy atom. The summed E-state index contributed by atoms with van der Waals surface area (Å²) >= 11 is 5.87. The van der Waals surface area contributed by atoms with Crippen LogP contribution in [0.4, 0.5) is 5.82 Å². The highest BCUT2D eigenvalue weighted by atomic mass is 35.5.